The molecule has 0 saturated carbocycles. The highest BCUT2D eigenvalue weighted by molar-refractivity contribution is 6.30. The number of hydrogen-bond acceptors (Lipinski definition) is 3. The van der Waals surface area contributed by atoms with Gasteiger partial charge < -0.3 is 10.0 Å². The van der Waals surface area contributed by atoms with Gasteiger partial charge in [-0.25, -0.2) is 4.68 Å². The molecule has 0 fully saturated rings. The first-order chi connectivity index (χ1) is 10.9. The molecule has 6 nitrogen and oxygen atoms in total. The number of halogens is 1. The van der Waals surface area contributed by atoms with Crippen molar-refractivity contribution in [3.63, 3.8) is 0 Å². The Morgan fingerprint density at radius 2 is 2.13 bits per heavy atom. The number of carboxylic acids is 1. The molecule has 2 aromatic rings. The first-order valence-corrected chi connectivity index (χ1v) is 7.56. The standard InChI is InChI=1S/C16H18ClN3O3/c1-11(2)8-19(10-15(21)22)16(23)12-7-18-20(9-12)14-5-3-4-13(17)6-14/h3-7,9,11H,8,10H2,1-2H3,(H,21,22). The van der Waals surface area contributed by atoms with Gasteiger partial charge in [-0.2, -0.15) is 5.10 Å². The molecule has 0 spiro atoms. The van der Waals surface area contributed by atoms with Crippen molar-refractivity contribution in [3.8, 4) is 5.69 Å². The molecular formula is C16H18ClN3O3. The Morgan fingerprint density at radius 1 is 1.39 bits per heavy atom. The molecule has 0 saturated heterocycles. The van der Waals surface area contributed by atoms with Crippen LogP contribution in [0.15, 0.2) is 36.7 Å². The van der Waals surface area contributed by atoms with Gasteiger partial charge in [0.25, 0.3) is 5.91 Å². The van der Waals surface area contributed by atoms with Crippen molar-refractivity contribution in [2.75, 3.05) is 13.1 Å². The Labute approximate surface area is 139 Å². The van der Waals surface area contributed by atoms with Gasteiger partial charge in [0.2, 0.25) is 0 Å². The molecule has 1 heterocycles. The average Bonchev–Trinajstić information content (AvgIpc) is 2.94. The van der Waals surface area contributed by atoms with E-state index in [4.69, 9.17) is 16.7 Å². The summed E-state index contributed by atoms with van der Waals surface area (Å²) in [6.07, 6.45) is 3.00. The highest BCUT2D eigenvalue weighted by Crippen LogP contribution is 2.15. The largest absolute Gasteiger partial charge is 0.480 e. The maximum atomic E-state index is 12.5. The molecule has 0 aliphatic carbocycles. The number of carbonyl (C=O) groups excluding carboxylic acids is 1. The van der Waals surface area contributed by atoms with E-state index in [1.54, 1.807) is 24.4 Å². The quantitative estimate of drug-likeness (QED) is 0.880. The van der Waals surface area contributed by atoms with Crippen molar-refractivity contribution in [1.82, 2.24) is 14.7 Å². The first kappa shape index (κ1) is 17.0. The minimum Gasteiger partial charge on any atom is -0.480 e. The Morgan fingerprint density at radius 3 is 2.74 bits per heavy atom. The third kappa shape index (κ3) is 4.56. The molecule has 0 radical (unpaired) electrons. The van der Waals surface area contributed by atoms with Crippen molar-refractivity contribution in [3.05, 3.63) is 47.2 Å². The lowest BCUT2D eigenvalue weighted by Crippen LogP contribution is -2.38. The molecule has 122 valence electrons. The number of amides is 1. The van der Waals surface area contributed by atoms with E-state index in [9.17, 15) is 9.59 Å². The normalized spacial score (nSPS) is 10.8. The number of hydrogen-bond donors (Lipinski definition) is 1. The van der Waals surface area contributed by atoms with Crippen LogP contribution in [-0.4, -0.2) is 44.8 Å². The highest BCUT2D eigenvalue weighted by atomic mass is 35.5. The van der Waals surface area contributed by atoms with Crippen LogP contribution in [0.1, 0.15) is 24.2 Å². The van der Waals surface area contributed by atoms with E-state index in [0.717, 1.165) is 5.69 Å². The van der Waals surface area contributed by atoms with Gasteiger partial charge in [-0.3, -0.25) is 9.59 Å². The number of nitrogens with zero attached hydrogens (tertiary/aromatic N) is 3. The predicted octanol–water partition coefficient (Wildman–Crippen LogP) is 2.71. The van der Waals surface area contributed by atoms with Gasteiger partial charge in [-0.1, -0.05) is 31.5 Å². The Bertz CT molecular complexity index is 712. The number of aliphatic carboxylic acids is 1. The minimum atomic E-state index is -1.04. The summed E-state index contributed by atoms with van der Waals surface area (Å²) < 4.78 is 1.54. The SMILES string of the molecule is CC(C)CN(CC(=O)O)C(=O)c1cnn(-c2cccc(Cl)c2)c1. The lowest BCUT2D eigenvalue weighted by atomic mass is 10.2. The number of rotatable bonds is 6. The van der Waals surface area contributed by atoms with Gasteiger partial charge in [-0.05, 0) is 24.1 Å². The van der Waals surface area contributed by atoms with Crippen LogP contribution < -0.4 is 0 Å². The van der Waals surface area contributed by atoms with Crippen LogP contribution in [0.5, 0.6) is 0 Å². The number of carboxylic acid groups (broad SMARTS) is 1. The number of benzene rings is 1. The topological polar surface area (TPSA) is 75.4 Å². The summed E-state index contributed by atoms with van der Waals surface area (Å²) in [5.41, 5.74) is 1.07. The summed E-state index contributed by atoms with van der Waals surface area (Å²) in [5.74, 6) is -1.23. The van der Waals surface area contributed by atoms with Crippen LogP contribution in [-0.2, 0) is 4.79 Å². The Balaban J connectivity index is 2.23. The molecular weight excluding hydrogens is 318 g/mol. The van der Waals surface area contributed by atoms with Gasteiger partial charge in [-0.15, -0.1) is 0 Å². The van der Waals surface area contributed by atoms with Crippen LogP contribution >= 0.6 is 11.6 Å². The molecule has 0 bridgehead atoms. The molecule has 0 atom stereocenters. The Kier molecular flexibility index (Phi) is 5.39. The summed E-state index contributed by atoms with van der Waals surface area (Å²) in [6.45, 7) is 3.89. The maximum absolute atomic E-state index is 12.5. The second kappa shape index (κ2) is 7.28. The fourth-order valence-electron chi connectivity index (χ4n) is 2.20. The molecule has 1 amide bonds. The van der Waals surface area contributed by atoms with Crippen LogP contribution in [0.25, 0.3) is 5.69 Å². The summed E-state index contributed by atoms with van der Waals surface area (Å²) in [6, 6.07) is 7.08. The third-order valence-electron chi connectivity index (χ3n) is 3.10. The zero-order valence-electron chi connectivity index (χ0n) is 12.9. The van der Waals surface area contributed by atoms with Crippen molar-refractivity contribution in [2.45, 2.75) is 13.8 Å². The first-order valence-electron chi connectivity index (χ1n) is 7.18. The average molecular weight is 336 g/mol. The number of aromatic nitrogens is 2. The van der Waals surface area contributed by atoms with Crippen molar-refractivity contribution in [1.29, 1.82) is 0 Å². The zero-order valence-corrected chi connectivity index (χ0v) is 13.7. The van der Waals surface area contributed by atoms with Crippen LogP contribution in [0.4, 0.5) is 0 Å². The van der Waals surface area contributed by atoms with E-state index >= 15 is 0 Å². The van der Waals surface area contributed by atoms with Gasteiger partial charge in [0.15, 0.2) is 0 Å². The second-order valence-electron chi connectivity index (χ2n) is 5.63. The lowest BCUT2D eigenvalue weighted by Gasteiger charge is -2.21. The van der Waals surface area contributed by atoms with Gasteiger partial charge in [0.05, 0.1) is 17.4 Å². The molecule has 2 rings (SSSR count). The van der Waals surface area contributed by atoms with Crippen LogP contribution in [0.3, 0.4) is 0 Å². The van der Waals surface area contributed by atoms with E-state index in [2.05, 4.69) is 5.10 Å². The molecule has 0 aliphatic rings. The van der Waals surface area contributed by atoms with Crippen LogP contribution in [0.2, 0.25) is 5.02 Å². The minimum absolute atomic E-state index is 0.168. The van der Waals surface area contributed by atoms with Crippen molar-refractivity contribution in [2.24, 2.45) is 5.92 Å². The molecule has 1 N–H and O–H groups in total. The highest BCUT2D eigenvalue weighted by Gasteiger charge is 2.21. The third-order valence-corrected chi connectivity index (χ3v) is 3.34. The molecule has 1 aromatic carbocycles. The van der Waals surface area contributed by atoms with E-state index in [-0.39, 0.29) is 18.4 Å². The van der Waals surface area contributed by atoms with Crippen molar-refractivity contribution < 1.29 is 14.7 Å². The molecule has 0 unspecified atom stereocenters. The molecule has 1 aromatic heterocycles. The van der Waals surface area contributed by atoms with Gasteiger partial charge in [0, 0.05) is 17.8 Å². The van der Waals surface area contributed by atoms with E-state index < -0.39 is 5.97 Å². The van der Waals surface area contributed by atoms with Gasteiger partial charge in [0.1, 0.15) is 6.54 Å². The Hall–Kier alpha value is -2.34. The van der Waals surface area contributed by atoms with Crippen LogP contribution in [0, 0.1) is 5.92 Å². The zero-order chi connectivity index (χ0) is 17.0. The smallest absolute Gasteiger partial charge is 0.323 e. The van der Waals surface area contributed by atoms with E-state index in [1.165, 1.54) is 15.8 Å². The lowest BCUT2D eigenvalue weighted by molar-refractivity contribution is -0.137. The fraction of sp³-hybridized carbons (Fsp3) is 0.312. The van der Waals surface area contributed by atoms with E-state index in [0.29, 0.717) is 17.1 Å². The molecule has 0 aliphatic heterocycles. The maximum Gasteiger partial charge on any atom is 0.323 e. The predicted molar refractivity (Wildman–Crippen MR) is 87.0 cm³/mol. The molecule has 23 heavy (non-hydrogen) atoms. The van der Waals surface area contributed by atoms with Gasteiger partial charge >= 0.3 is 5.97 Å². The summed E-state index contributed by atoms with van der Waals surface area (Å²) in [4.78, 5) is 24.8. The fourth-order valence-corrected chi connectivity index (χ4v) is 2.38. The van der Waals surface area contributed by atoms with E-state index in [1.807, 2.05) is 19.9 Å². The van der Waals surface area contributed by atoms with Crippen molar-refractivity contribution >= 4 is 23.5 Å². The number of carbonyl (C=O) groups is 2. The second-order valence-corrected chi connectivity index (χ2v) is 6.06. The summed E-state index contributed by atoms with van der Waals surface area (Å²) >= 11 is 5.95. The summed E-state index contributed by atoms with van der Waals surface area (Å²) in [5, 5.41) is 13.7. The summed E-state index contributed by atoms with van der Waals surface area (Å²) in [7, 11) is 0. The monoisotopic (exact) mass is 335 g/mol. The molecule has 7 heteroatoms.